The van der Waals surface area contributed by atoms with E-state index in [0.717, 1.165) is 12.8 Å². The smallest absolute Gasteiger partial charge is 0.273 e. The number of aryl methyl sites for hydroxylation is 1. The molecular weight excluding hydrogens is 334 g/mol. The molecule has 1 aromatic carbocycles. The SMILES string of the molecule is CCC(CC)N(CCOC)C(=O)CCn1[nH]c(=O)c2ccccc2c1=O. The van der Waals surface area contributed by atoms with E-state index in [9.17, 15) is 14.4 Å². The molecule has 7 nitrogen and oxygen atoms in total. The number of H-pyrrole nitrogens is 1. The third kappa shape index (κ3) is 4.40. The number of aromatic nitrogens is 2. The van der Waals surface area contributed by atoms with Crippen LogP contribution in [-0.4, -0.2) is 46.9 Å². The summed E-state index contributed by atoms with van der Waals surface area (Å²) < 4.78 is 6.34. The zero-order valence-electron chi connectivity index (χ0n) is 15.7. The van der Waals surface area contributed by atoms with Crippen molar-refractivity contribution in [2.24, 2.45) is 0 Å². The topological polar surface area (TPSA) is 84.4 Å². The van der Waals surface area contributed by atoms with Gasteiger partial charge in [0.2, 0.25) is 5.91 Å². The van der Waals surface area contributed by atoms with Crippen LogP contribution in [0.1, 0.15) is 33.1 Å². The molecule has 2 aromatic rings. The number of carbonyl (C=O) groups excluding carboxylic acids is 1. The Bertz CT molecular complexity index is 852. The van der Waals surface area contributed by atoms with Crippen molar-refractivity contribution in [3.8, 4) is 0 Å². The van der Waals surface area contributed by atoms with E-state index in [4.69, 9.17) is 4.74 Å². The highest BCUT2D eigenvalue weighted by atomic mass is 16.5. The van der Waals surface area contributed by atoms with E-state index in [0.29, 0.717) is 23.9 Å². The molecule has 0 fully saturated rings. The molecule has 0 atom stereocenters. The molecule has 1 heterocycles. The van der Waals surface area contributed by atoms with Gasteiger partial charge in [-0.2, -0.15) is 0 Å². The van der Waals surface area contributed by atoms with Crippen LogP contribution < -0.4 is 11.1 Å². The minimum absolute atomic E-state index is 0.0448. The first-order valence-corrected chi connectivity index (χ1v) is 9.03. The van der Waals surface area contributed by atoms with Crippen LogP contribution in [0.25, 0.3) is 10.8 Å². The van der Waals surface area contributed by atoms with E-state index in [-0.39, 0.29) is 36.0 Å². The maximum atomic E-state index is 12.7. The summed E-state index contributed by atoms with van der Waals surface area (Å²) in [7, 11) is 1.61. The zero-order valence-corrected chi connectivity index (χ0v) is 15.7. The second-order valence-corrected chi connectivity index (χ2v) is 6.24. The van der Waals surface area contributed by atoms with Gasteiger partial charge in [0.25, 0.3) is 11.1 Å². The van der Waals surface area contributed by atoms with E-state index in [1.165, 1.54) is 4.68 Å². The largest absolute Gasteiger partial charge is 0.383 e. The second-order valence-electron chi connectivity index (χ2n) is 6.24. The maximum absolute atomic E-state index is 12.7. The standard InChI is InChI=1S/C19H27N3O4/c1-4-14(5-2)21(12-13-26-3)17(23)10-11-22-19(25)16-9-7-6-8-15(16)18(24)20-22/h6-9,14H,4-5,10-13H2,1-3H3,(H,20,24). The van der Waals surface area contributed by atoms with E-state index < -0.39 is 0 Å². The molecule has 1 aromatic heterocycles. The van der Waals surface area contributed by atoms with Crippen LogP contribution in [0.3, 0.4) is 0 Å². The quantitative estimate of drug-likeness (QED) is 0.737. The highest BCUT2D eigenvalue weighted by molar-refractivity contribution is 5.80. The van der Waals surface area contributed by atoms with Gasteiger partial charge in [-0.25, -0.2) is 4.68 Å². The summed E-state index contributed by atoms with van der Waals surface area (Å²) in [6.07, 6.45) is 1.87. The molecule has 7 heteroatoms. The lowest BCUT2D eigenvalue weighted by atomic mass is 10.1. The van der Waals surface area contributed by atoms with Crippen molar-refractivity contribution in [2.75, 3.05) is 20.3 Å². The molecule has 1 N–H and O–H groups in total. The van der Waals surface area contributed by atoms with Gasteiger partial charge < -0.3 is 9.64 Å². The van der Waals surface area contributed by atoms with Crippen LogP contribution in [-0.2, 0) is 16.1 Å². The maximum Gasteiger partial charge on any atom is 0.273 e. The second kappa shape index (κ2) is 9.33. The van der Waals surface area contributed by atoms with Crippen LogP contribution >= 0.6 is 0 Å². The van der Waals surface area contributed by atoms with Gasteiger partial charge in [-0.05, 0) is 25.0 Å². The van der Waals surface area contributed by atoms with Crippen molar-refractivity contribution in [3.05, 3.63) is 45.0 Å². The van der Waals surface area contributed by atoms with Gasteiger partial charge in [-0.15, -0.1) is 0 Å². The van der Waals surface area contributed by atoms with E-state index in [1.54, 1.807) is 31.4 Å². The minimum atomic E-state index is -0.330. The van der Waals surface area contributed by atoms with E-state index in [2.05, 4.69) is 5.10 Å². The monoisotopic (exact) mass is 361 g/mol. The molecule has 0 saturated heterocycles. The number of nitrogens with one attached hydrogen (secondary N) is 1. The third-order valence-corrected chi connectivity index (χ3v) is 4.67. The summed E-state index contributed by atoms with van der Waals surface area (Å²) in [6, 6.07) is 6.82. The Morgan fingerprint density at radius 1 is 1.19 bits per heavy atom. The predicted molar refractivity (Wildman–Crippen MR) is 101 cm³/mol. The lowest BCUT2D eigenvalue weighted by Crippen LogP contribution is -2.42. The molecule has 0 spiro atoms. The number of hydrogen-bond acceptors (Lipinski definition) is 4. The first-order chi connectivity index (χ1) is 12.5. The summed E-state index contributed by atoms with van der Waals surface area (Å²) >= 11 is 0. The number of rotatable bonds is 9. The fourth-order valence-corrected chi connectivity index (χ4v) is 3.19. The molecule has 0 bridgehead atoms. The Morgan fingerprint density at radius 3 is 2.46 bits per heavy atom. The Morgan fingerprint density at radius 2 is 1.85 bits per heavy atom. The van der Waals surface area contributed by atoms with E-state index in [1.807, 2.05) is 18.7 Å². The molecule has 1 amide bonds. The fourth-order valence-electron chi connectivity index (χ4n) is 3.19. The number of hydrogen-bond donors (Lipinski definition) is 1. The van der Waals surface area contributed by atoms with Crippen molar-refractivity contribution >= 4 is 16.7 Å². The minimum Gasteiger partial charge on any atom is -0.383 e. The van der Waals surface area contributed by atoms with Crippen molar-refractivity contribution in [3.63, 3.8) is 0 Å². The van der Waals surface area contributed by atoms with Gasteiger partial charge in [0.1, 0.15) is 0 Å². The highest BCUT2D eigenvalue weighted by Crippen LogP contribution is 2.11. The van der Waals surface area contributed by atoms with Gasteiger partial charge in [0.05, 0.1) is 23.9 Å². The van der Waals surface area contributed by atoms with Crippen LogP contribution in [0, 0.1) is 0 Å². The summed E-state index contributed by atoms with van der Waals surface area (Å²) in [5.41, 5.74) is -0.622. The average Bonchev–Trinajstić information content (AvgIpc) is 2.66. The number of aromatic amines is 1. The fraction of sp³-hybridized carbons (Fsp3) is 0.526. The number of benzene rings is 1. The summed E-state index contributed by atoms with van der Waals surface area (Å²) in [6.45, 7) is 5.22. The molecule has 26 heavy (non-hydrogen) atoms. The number of methoxy groups -OCH3 is 1. The van der Waals surface area contributed by atoms with Crippen LogP contribution in [0.5, 0.6) is 0 Å². The predicted octanol–water partition coefficient (Wildman–Crippen LogP) is 1.74. The molecular formula is C19H27N3O4. The Hall–Kier alpha value is -2.41. The normalized spacial score (nSPS) is 11.2. The van der Waals surface area contributed by atoms with Crippen molar-refractivity contribution in [1.82, 2.24) is 14.7 Å². The highest BCUT2D eigenvalue weighted by Gasteiger charge is 2.21. The number of fused-ring (bicyclic) bond motifs is 1. The molecule has 142 valence electrons. The Balaban J connectivity index is 2.19. The van der Waals surface area contributed by atoms with Crippen molar-refractivity contribution in [1.29, 1.82) is 0 Å². The first kappa shape index (κ1) is 19.9. The van der Waals surface area contributed by atoms with Gasteiger partial charge in [-0.3, -0.25) is 19.5 Å². The van der Waals surface area contributed by atoms with E-state index >= 15 is 0 Å². The zero-order chi connectivity index (χ0) is 19.1. The van der Waals surface area contributed by atoms with Crippen molar-refractivity contribution < 1.29 is 9.53 Å². The summed E-state index contributed by atoms with van der Waals surface area (Å²) in [5, 5.41) is 3.29. The average molecular weight is 361 g/mol. The summed E-state index contributed by atoms with van der Waals surface area (Å²) in [5.74, 6) is -0.0448. The van der Waals surface area contributed by atoms with Gasteiger partial charge in [0, 0.05) is 26.1 Å². The third-order valence-electron chi connectivity index (χ3n) is 4.67. The number of carbonyl (C=O) groups is 1. The van der Waals surface area contributed by atoms with Crippen LogP contribution in [0.2, 0.25) is 0 Å². The molecule has 2 rings (SSSR count). The number of nitrogens with zero attached hydrogens (tertiary/aromatic N) is 2. The molecule has 0 saturated carbocycles. The molecule has 0 radical (unpaired) electrons. The van der Waals surface area contributed by atoms with Crippen LogP contribution in [0.15, 0.2) is 33.9 Å². The van der Waals surface area contributed by atoms with Crippen molar-refractivity contribution in [2.45, 2.75) is 45.7 Å². The number of amides is 1. The molecule has 0 aliphatic heterocycles. The molecule has 0 aliphatic rings. The Labute approximate surface area is 152 Å². The molecule has 0 aliphatic carbocycles. The molecule has 0 unspecified atom stereocenters. The Kier molecular flexibility index (Phi) is 7.15. The number of ether oxygens (including phenoxy) is 1. The summed E-state index contributed by atoms with van der Waals surface area (Å²) in [4.78, 5) is 39.2. The lowest BCUT2D eigenvalue weighted by Gasteiger charge is -2.30. The first-order valence-electron chi connectivity index (χ1n) is 9.03. The van der Waals surface area contributed by atoms with Gasteiger partial charge >= 0.3 is 0 Å². The van der Waals surface area contributed by atoms with Gasteiger partial charge in [0.15, 0.2) is 0 Å². The van der Waals surface area contributed by atoms with Gasteiger partial charge in [-0.1, -0.05) is 26.0 Å². The lowest BCUT2D eigenvalue weighted by molar-refractivity contribution is -0.134. The van der Waals surface area contributed by atoms with Crippen LogP contribution in [0.4, 0.5) is 0 Å².